The average molecular weight is 355 g/mol. The summed E-state index contributed by atoms with van der Waals surface area (Å²) in [5, 5.41) is 2.90. The first-order valence-electron chi connectivity index (χ1n) is 9.32. The van der Waals surface area contributed by atoms with Crippen molar-refractivity contribution in [3.63, 3.8) is 0 Å². The van der Waals surface area contributed by atoms with Gasteiger partial charge in [-0.2, -0.15) is 0 Å². The van der Waals surface area contributed by atoms with E-state index in [9.17, 15) is 4.79 Å². The summed E-state index contributed by atoms with van der Waals surface area (Å²) >= 11 is 0. The monoisotopic (exact) mass is 355 g/mol. The number of ether oxygens (including phenoxy) is 2. The minimum atomic E-state index is -0.0706. The number of hydrogen-bond acceptors (Lipinski definition) is 3. The van der Waals surface area contributed by atoms with Crippen LogP contribution < -0.4 is 14.8 Å². The lowest BCUT2D eigenvalue weighted by Crippen LogP contribution is -2.24. The third-order valence-corrected chi connectivity index (χ3v) is 4.08. The third kappa shape index (κ3) is 5.25. The number of carbonyl (C=O) groups is 1. The van der Waals surface area contributed by atoms with E-state index in [0.29, 0.717) is 31.2 Å². The van der Waals surface area contributed by atoms with E-state index in [1.165, 1.54) is 5.56 Å². The Hall–Kier alpha value is -2.49. The van der Waals surface area contributed by atoms with Crippen LogP contribution >= 0.6 is 0 Å². The lowest BCUT2D eigenvalue weighted by molar-refractivity contribution is 0.0953. The van der Waals surface area contributed by atoms with Gasteiger partial charge in [-0.3, -0.25) is 4.79 Å². The molecule has 140 valence electrons. The van der Waals surface area contributed by atoms with Gasteiger partial charge in [-0.05, 0) is 49.1 Å². The first kappa shape index (κ1) is 19.8. The molecule has 0 atom stereocenters. The molecule has 2 rings (SSSR count). The van der Waals surface area contributed by atoms with Gasteiger partial charge >= 0.3 is 0 Å². The predicted molar refractivity (Wildman–Crippen MR) is 105 cm³/mol. The highest BCUT2D eigenvalue weighted by molar-refractivity contribution is 5.94. The summed E-state index contributed by atoms with van der Waals surface area (Å²) in [4.78, 5) is 12.2. The van der Waals surface area contributed by atoms with Gasteiger partial charge in [0.05, 0.1) is 6.61 Å². The topological polar surface area (TPSA) is 47.6 Å². The molecular formula is C22H29NO3. The van der Waals surface area contributed by atoms with Gasteiger partial charge in [0.25, 0.3) is 5.91 Å². The fourth-order valence-electron chi connectivity index (χ4n) is 2.71. The van der Waals surface area contributed by atoms with E-state index in [1.54, 1.807) is 6.07 Å². The molecule has 2 aromatic rings. The van der Waals surface area contributed by atoms with E-state index in [1.807, 2.05) is 44.2 Å². The quantitative estimate of drug-likeness (QED) is 0.694. The highest BCUT2D eigenvalue weighted by atomic mass is 16.5. The highest BCUT2D eigenvalue weighted by Crippen LogP contribution is 2.28. The van der Waals surface area contributed by atoms with Crippen LogP contribution in [-0.2, 0) is 6.61 Å². The number of hydrogen-bond donors (Lipinski definition) is 1. The molecule has 0 heterocycles. The van der Waals surface area contributed by atoms with Gasteiger partial charge in [0.2, 0.25) is 0 Å². The number of carbonyl (C=O) groups excluding carboxylic acids is 1. The van der Waals surface area contributed by atoms with Crippen molar-refractivity contribution in [2.24, 2.45) is 0 Å². The van der Waals surface area contributed by atoms with Crippen LogP contribution in [0.25, 0.3) is 0 Å². The number of benzene rings is 2. The van der Waals surface area contributed by atoms with Gasteiger partial charge in [0.1, 0.15) is 18.1 Å². The van der Waals surface area contributed by atoms with Gasteiger partial charge in [0, 0.05) is 17.7 Å². The molecule has 0 aliphatic heterocycles. The van der Waals surface area contributed by atoms with Crippen molar-refractivity contribution in [2.75, 3.05) is 13.2 Å². The fraction of sp³-hybridized carbons (Fsp3) is 0.409. The summed E-state index contributed by atoms with van der Waals surface area (Å²) in [5.74, 6) is 1.93. The molecule has 1 amide bonds. The van der Waals surface area contributed by atoms with E-state index < -0.39 is 0 Å². The molecule has 0 aliphatic rings. The number of amides is 1. The molecule has 0 aromatic heterocycles. The second-order valence-electron chi connectivity index (χ2n) is 6.49. The molecular weight excluding hydrogens is 326 g/mol. The van der Waals surface area contributed by atoms with E-state index in [2.05, 4.69) is 25.2 Å². The van der Waals surface area contributed by atoms with E-state index in [4.69, 9.17) is 9.47 Å². The maximum atomic E-state index is 12.2. The maximum Gasteiger partial charge on any atom is 0.251 e. The maximum absolute atomic E-state index is 12.2. The first-order chi connectivity index (χ1) is 12.6. The van der Waals surface area contributed by atoms with Gasteiger partial charge in [-0.25, -0.2) is 0 Å². The van der Waals surface area contributed by atoms with Crippen LogP contribution in [0, 0.1) is 0 Å². The summed E-state index contributed by atoms with van der Waals surface area (Å²) in [5.41, 5.74) is 2.66. The minimum absolute atomic E-state index is 0.0706. The van der Waals surface area contributed by atoms with Crippen molar-refractivity contribution in [2.45, 2.75) is 46.6 Å². The smallest absolute Gasteiger partial charge is 0.251 e. The van der Waals surface area contributed by atoms with Crippen molar-refractivity contribution in [1.29, 1.82) is 0 Å². The molecule has 2 aromatic carbocycles. The Morgan fingerprint density at radius 3 is 2.50 bits per heavy atom. The molecule has 0 aliphatic carbocycles. The molecule has 0 bridgehead atoms. The fourth-order valence-corrected chi connectivity index (χ4v) is 2.71. The van der Waals surface area contributed by atoms with Gasteiger partial charge in [-0.15, -0.1) is 0 Å². The lowest BCUT2D eigenvalue weighted by Gasteiger charge is -2.16. The Bertz CT molecular complexity index is 725. The second-order valence-corrected chi connectivity index (χ2v) is 6.49. The van der Waals surface area contributed by atoms with Crippen LogP contribution in [0.1, 0.15) is 61.5 Å². The van der Waals surface area contributed by atoms with Crippen molar-refractivity contribution in [1.82, 2.24) is 5.32 Å². The Kier molecular flexibility index (Phi) is 7.52. The van der Waals surface area contributed by atoms with Crippen molar-refractivity contribution in [3.8, 4) is 11.5 Å². The molecule has 0 radical (unpaired) electrons. The van der Waals surface area contributed by atoms with Crippen LogP contribution in [0.5, 0.6) is 11.5 Å². The molecule has 0 fully saturated rings. The summed E-state index contributed by atoms with van der Waals surface area (Å²) in [6.45, 7) is 9.86. The molecule has 1 N–H and O–H groups in total. The normalized spacial score (nSPS) is 10.7. The first-order valence-corrected chi connectivity index (χ1v) is 9.32. The number of para-hydroxylation sites is 1. The van der Waals surface area contributed by atoms with E-state index in [-0.39, 0.29) is 5.91 Å². The zero-order valence-corrected chi connectivity index (χ0v) is 16.2. The SMILES string of the molecule is CCCNC(=O)c1ccc(OCC)c(COc2ccccc2C(C)C)c1. The Morgan fingerprint density at radius 2 is 1.81 bits per heavy atom. The third-order valence-electron chi connectivity index (χ3n) is 4.08. The molecule has 0 unspecified atom stereocenters. The van der Waals surface area contributed by atoms with Gasteiger partial charge in [0.15, 0.2) is 0 Å². The van der Waals surface area contributed by atoms with E-state index >= 15 is 0 Å². The van der Waals surface area contributed by atoms with Crippen LogP contribution in [0.4, 0.5) is 0 Å². The summed E-state index contributed by atoms with van der Waals surface area (Å²) in [7, 11) is 0. The zero-order chi connectivity index (χ0) is 18.9. The standard InChI is InChI=1S/C22H29NO3/c1-5-13-23-22(24)17-11-12-20(25-6-2)18(14-17)15-26-21-10-8-7-9-19(21)16(3)4/h7-12,14,16H,5-6,13,15H2,1-4H3,(H,23,24). The molecule has 0 saturated heterocycles. The lowest BCUT2D eigenvalue weighted by atomic mass is 10.0. The van der Waals surface area contributed by atoms with E-state index in [0.717, 1.165) is 23.5 Å². The Morgan fingerprint density at radius 1 is 1.04 bits per heavy atom. The largest absolute Gasteiger partial charge is 0.493 e. The van der Waals surface area contributed by atoms with Crippen molar-refractivity contribution in [3.05, 3.63) is 59.2 Å². The second kappa shape index (κ2) is 9.85. The molecule has 26 heavy (non-hydrogen) atoms. The Labute approximate surface area is 156 Å². The van der Waals surface area contributed by atoms with Crippen molar-refractivity contribution >= 4 is 5.91 Å². The van der Waals surface area contributed by atoms with Crippen LogP contribution in [0.3, 0.4) is 0 Å². The summed E-state index contributed by atoms with van der Waals surface area (Å²) in [6, 6.07) is 13.5. The van der Waals surface area contributed by atoms with Gasteiger partial charge in [-0.1, -0.05) is 39.0 Å². The van der Waals surface area contributed by atoms with Gasteiger partial charge < -0.3 is 14.8 Å². The van der Waals surface area contributed by atoms with Crippen LogP contribution in [-0.4, -0.2) is 19.1 Å². The number of rotatable bonds is 9. The van der Waals surface area contributed by atoms with Crippen molar-refractivity contribution < 1.29 is 14.3 Å². The molecule has 4 nitrogen and oxygen atoms in total. The average Bonchev–Trinajstić information content (AvgIpc) is 2.65. The predicted octanol–water partition coefficient (Wildman–Crippen LogP) is 4.93. The highest BCUT2D eigenvalue weighted by Gasteiger charge is 2.12. The van der Waals surface area contributed by atoms with Crippen LogP contribution in [0.2, 0.25) is 0 Å². The number of nitrogens with one attached hydrogen (secondary N) is 1. The molecule has 0 saturated carbocycles. The summed E-state index contributed by atoms with van der Waals surface area (Å²) in [6.07, 6.45) is 0.907. The Balaban J connectivity index is 2.22. The zero-order valence-electron chi connectivity index (χ0n) is 16.2. The summed E-state index contributed by atoms with van der Waals surface area (Å²) < 4.78 is 11.8. The molecule has 4 heteroatoms. The molecule has 0 spiro atoms. The minimum Gasteiger partial charge on any atom is -0.493 e. The van der Waals surface area contributed by atoms with Crippen LogP contribution in [0.15, 0.2) is 42.5 Å².